The number of rotatable bonds is 4. The Morgan fingerprint density at radius 1 is 1.11 bits per heavy atom. The molecule has 5 nitrogen and oxygen atoms in total. The number of hydrogen-bond acceptors (Lipinski definition) is 5. The summed E-state index contributed by atoms with van der Waals surface area (Å²) in [6.07, 6.45) is 3.29. The standard InChI is InChI=1S/C12H11BrClN3O2/c1-18-10-4-11(19-2)9(3-8(10)14)17-12-15-5-7(13)6-16-12/h3-6H,1-2H3,(H,15,16,17). The van der Waals surface area contributed by atoms with Crippen molar-refractivity contribution in [2.45, 2.75) is 0 Å². The lowest BCUT2D eigenvalue weighted by Gasteiger charge is -2.12. The minimum absolute atomic E-state index is 0.447. The van der Waals surface area contributed by atoms with E-state index in [1.54, 1.807) is 38.7 Å². The summed E-state index contributed by atoms with van der Waals surface area (Å²) in [5.41, 5.74) is 0.663. The second kappa shape index (κ2) is 6.08. The first-order valence-corrected chi connectivity index (χ1v) is 6.47. The van der Waals surface area contributed by atoms with Crippen LogP contribution in [0.5, 0.6) is 11.5 Å². The summed E-state index contributed by atoms with van der Waals surface area (Å²) in [5, 5.41) is 3.51. The molecule has 0 aliphatic carbocycles. The second-order valence-electron chi connectivity index (χ2n) is 3.54. The highest BCUT2D eigenvalue weighted by Crippen LogP contribution is 2.36. The van der Waals surface area contributed by atoms with Crippen LogP contribution in [0.1, 0.15) is 0 Å². The van der Waals surface area contributed by atoms with Gasteiger partial charge in [0.25, 0.3) is 0 Å². The molecule has 0 atom stereocenters. The fourth-order valence-corrected chi connectivity index (χ4v) is 1.90. The maximum Gasteiger partial charge on any atom is 0.227 e. The van der Waals surface area contributed by atoms with Gasteiger partial charge < -0.3 is 14.8 Å². The van der Waals surface area contributed by atoms with Gasteiger partial charge in [0.1, 0.15) is 11.5 Å². The average Bonchev–Trinajstić information content (AvgIpc) is 2.42. The van der Waals surface area contributed by atoms with Crippen LogP contribution in [0.15, 0.2) is 29.0 Å². The van der Waals surface area contributed by atoms with Gasteiger partial charge in [-0.2, -0.15) is 0 Å². The SMILES string of the molecule is COc1cc(OC)c(Nc2ncc(Br)cn2)cc1Cl. The number of aromatic nitrogens is 2. The molecule has 19 heavy (non-hydrogen) atoms. The Hall–Kier alpha value is -1.53. The van der Waals surface area contributed by atoms with Gasteiger partial charge in [-0.1, -0.05) is 11.6 Å². The molecule has 0 amide bonds. The third kappa shape index (κ3) is 3.27. The van der Waals surface area contributed by atoms with Crippen molar-refractivity contribution in [1.29, 1.82) is 0 Å². The Bertz CT molecular complexity index is 578. The highest BCUT2D eigenvalue weighted by atomic mass is 79.9. The van der Waals surface area contributed by atoms with Crippen molar-refractivity contribution in [3.63, 3.8) is 0 Å². The Morgan fingerprint density at radius 2 is 1.74 bits per heavy atom. The van der Waals surface area contributed by atoms with Gasteiger partial charge in [0, 0.05) is 18.5 Å². The number of anilines is 2. The van der Waals surface area contributed by atoms with Crippen molar-refractivity contribution in [3.05, 3.63) is 34.0 Å². The smallest absolute Gasteiger partial charge is 0.227 e. The molecule has 2 aromatic rings. The zero-order valence-electron chi connectivity index (χ0n) is 10.3. The van der Waals surface area contributed by atoms with Crippen molar-refractivity contribution in [3.8, 4) is 11.5 Å². The van der Waals surface area contributed by atoms with Crippen LogP contribution in [0.25, 0.3) is 0 Å². The van der Waals surface area contributed by atoms with E-state index < -0.39 is 0 Å². The van der Waals surface area contributed by atoms with Crippen LogP contribution in [0.4, 0.5) is 11.6 Å². The Labute approximate surface area is 124 Å². The van der Waals surface area contributed by atoms with Crippen LogP contribution in [0.3, 0.4) is 0 Å². The fraction of sp³-hybridized carbons (Fsp3) is 0.167. The number of hydrogen-bond donors (Lipinski definition) is 1. The summed E-state index contributed by atoms with van der Waals surface area (Å²) < 4.78 is 11.2. The first-order valence-electron chi connectivity index (χ1n) is 5.30. The summed E-state index contributed by atoms with van der Waals surface area (Å²) in [6, 6.07) is 3.40. The maximum absolute atomic E-state index is 6.08. The molecule has 0 saturated carbocycles. The van der Waals surface area contributed by atoms with Gasteiger partial charge >= 0.3 is 0 Å². The lowest BCUT2D eigenvalue weighted by Crippen LogP contribution is -1.99. The Kier molecular flexibility index (Phi) is 4.44. The van der Waals surface area contributed by atoms with Gasteiger partial charge in [0.05, 0.1) is 29.4 Å². The molecular formula is C12H11BrClN3O2. The van der Waals surface area contributed by atoms with Gasteiger partial charge in [0.15, 0.2) is 0 Å². The minimum Gasteiger partial charge on any atom is -0.495 e. The van der Waals surface area contributed by atoms with E-state index in [2.05, 4.69) is 31.2 Å². The zero-order chi connectivity index (χ0) is 13.8. The third-order valence-electron chi connectivity index (χ3n) is 2.34. The van der Waals surface area contributed by atoms with Gasteiger partial charge in [-0.05, 0) is 22.0 Å². The van der Waals surface area contributed by atoms with Crippen molar-refractivity contribution in [2.24, 2.45) is 0 Å². The largest absolute Gasteiger partial charge is 0.495 e. The third-order valence-corrected chi connectivity index (χ3v) is 3.05. The first-order chi connectivity index (χ1) is 9.13. The Morgan fingerprint density at radius 3 is 2.32 bits per heavy atom. The molecule has 0 radical (unpaired) electrons. The van der Waals surface area contributed by atoms with Crippen molar-refractivity contribution >= 4 is 39.2 Å². The molecule has 2 rings (SSSR count). The summed E-state index contributed by atoms with van der Waals surface area (Å²) in [5.74, 6) is 1.58. The fourth-order valence-electron chi connectivity index (χ4n) is 1.46. The molecule has 0 spiro atoms. The van der Waals surface area contributed by atoms with E-state index in [0.29, 0.717) is 28.2 Å². The quantitative estimate of drug-likeness (QED) is 0.917. The Balaban J connectivity index is 2.33. The lowest BCUT2D eigenvalue weighted by molar-refractivity contribution is 0.396. The van der Waals surface area contributed by atoms with Crippen LogP contribution < -0.4 is 14.8 Å². The van der Waals surface area contributed by atoms with E-state index in [-0.39, 0.29) is 0 Å². The van der Waals surface area contributed by atoms with Crippen LogP contribution in [-0.2, 0) is 0 Å². The zero-order valence-corrected chi connectivity index (χ0v) is 12.6. The summed E-state index contributed by atoms with van der Waals surface area (Å²) >= 11 is 9.36. The molecule has 0 bridgehead atoms. The monoisotopic (exact) mass is 343 g/mol. The van der Waals surface area contributed by atoms with Crippen LogP contribution in [0.2, 0.25) is 5.02 Å². The molecule has 0 unspecified atom stereocenters. The number of benzene rings is 1. The van der Waals surface area contributed by atoms with Crippen LogP contribution in [0, 0.1) is 0 Å². The van der Waals surface area contributed by atoms with Gasteiger partial charge in [-0.15, -0.1) is 0 Å². The first kappa shape index (κ1) is 13.9. The predicted octanol–water partition coefficient (Wildman–Crippen LogP) is 3.65. The highest BCUT2D eigenvalue weighted by molar-refractivity contribution is 9.10. The average molecular weight is 345 g/mol. The molecule has 0 fully saturated rings. The van der Waals surface area contributed by atoms with E-state index in [0.717, 1.165) is 4.47 Å². The maximum atomic E-state index is 6.08. The number of nitrogens with one attached hydrogen (secondary N) is 1. The van der Waals surface area contributed by atoms with Crippen LogP contribution in [-0.4, -0.2) is 24.2 Å². The van der Waals surface area contributed by atoms with E-state index in [1.807, 2.05) is 0 Å². The van der Waals surface area contributed by atoms with E-state index in [1.165, 1.54) is 0 Å². The molecule has 1 aromatic carbocycles. The topological polar surface area (TPSA) is 56.3 Å². The molecule has 0 aliphatic heterocycles. The van der Waals surface area contributed by atoms with Gasteiger partial charge in [-0.25, -0.2) is 9.97 Å². The minimum atomic E-state index is 0.447. The predicted molar refractivity (Wildman–Crippen MR) is 77.6 cm³/mol. The van der Waals surface area contributed by atoms with E-state index in [9.17, 15) is 0 Å². The summed E-state index contributed by atoms with van der Waals surface area (Å²) in [7, 11) is 3.11. The normalized spacial score (nSPS) is 10.1. The number of methoxy groups -OCH3 is 2. The van der Waals surface area contributed by atoms with Crippen LogP contribution >= 0.6 is 27.5 Å². The number of ether oxygens (including phenoxy) is 2. The van der Waals surface area contributed by atoms with Crippen molar-refractivity contribution in [2.75, 3.05) is 19.5 Å². The summed E-state index contributed by atoms with van der Waals surface area (Å²) in [4.78, 5) is 8.24. The molecule has 0 saturated heterocycles. The molecule has 1 N–H and O–H groups in total. The molecule has 1 heterocycles. The molecule has 100 valence electrons. The molecular weight excluding hydrogens is 334 g/mol. The second-order valence-corrected chi connectivity index (χ2v) is 4.86. The molecule has 7 heteroatoms. The van der Waals surface area contributed by atoms with Gasteiger partial charge in [0.2, 0.25) is 5.95 Å². The highest BCUT2D eigenvalue weighted by Gasteiger charge is 2.10. The molecule has 1 aromatic heterocycles. The number of nitrogens with zero attached hydrogens (tertiary/aromatic N) is 2. The van der Waals surface area contributed by atoms with Crippen molar-refractivity contribution in [1.82, 2.24) is 9.97 Å². The van der Waals surface area contributed by atoms with E-state index in [4.69, 9.17) is 21.1 Å². The summed E-state index contributed by atoms with van der Waals surface area (Å²) in [6.45, 7) is 0. The molecule has 0 aliphatic rings. The number of halogens is 2. The van der Waals surface area contributed by atoms with Gasteiger partial charge in [-0.3, -0.25) is 0 Å². The van der Waals surface area contributed by atoms with Crippen molar-refractivity contribution < 1.29 is 9.47 Å². The van der Waals surface area contributed by atoms with E-state index >= 15 is 0 Å². The lowest BCUT2D eigenvalue weighted by atomic mass is 10.2.